The highest BCUT2D eigenvalue weighted by Gasteiger charge is 2.59. The molecule has 208 valence electrons. The zero-order valence-corrected chi connectivity index (χ0v) is 25.7. The minimum Gasteiger partial charge on any atom is -0.475 e. The Morgan fingerprint density at radius 3 is 1.38 bits per heavy atom. The van der Waals surface area contributed by atoms with E-state index in [1.54, 1.807) is 0 Å². The predicted molar refractivity (Wildman–Crippen MR) is 161 cm³/mol. The van der Waals surface area contributed by atoms with Crippen molar-refractivity contribution in [3.8, 4) is 0 Å². The summed E-state index contributed by atoms with van der Waals surface area (Å²) in [6.45, 7) is 24.4. The van der Waals surface area contributed by atoms with Gasteiger partial charge in [0, 0.05) is 16.5 Å². The minimum atomic E-state index is -0.159. The van der Waals surface area contributed by atoms with Crippen molar-refractivity contribution in [2.45, 2.75) is 110 Å². The van der Waals surface area contributed by atoms with Gasteiger partial charge in [-0.1, -0.05) is 78.6 Å². The van der Waals surface area contributed by atoms with E-state index in [-0.39, 0.29) is 28.3 Å². The van der Waals surface area contributed by atoms with Crippen LogP contribution >= 0.6 is 0 Å². The van der Waals surface area contributed by atoms with Gasteiger partial charge in [0.25, 0.3) is 0 Å². The van der Waals surface area contributed by atoms with Crippen LogP contribution in [0.4, 0.5) is 0 Å². The molecule has 0 N–H and O–H groups in total. The monoisotopic (exact) mass is 526 g/mol. The third-order valence-corrected chi connectivity index (χ3v) is 9.82. The number of hydrogen-bond donors (Lipinski definition) is 0. The Morgan fingerprint density at radius 2 is 1.05 bits per heavy atom. The van der Waals surface area contributed by atoms with E-state index >= 15 is 0 Å². The van der Waals surface area contributed by atoms with Crippen LogP contribution in [0.15, 0.2) is 34.3 Å². The number of aryl methyl sites for hydroxylation is 2. The second kappa shape index (κ2) is 8.69. The van der Waals surface area contributed by atoms with Crippen LogP contribution in [-0.4, -0.2) is 37.1 Å². The number of nitrogens with zero attached hydrogens (tertiary/aromatic N) is 2. The van der Waals surface area contributed by atoms with Gasteiger partial charge in [-0.15, -0.1) is 0 Å². The summed E-state index contributed by atoms with van der Waals surface area (Å²) in [6.07, 6.45) is 2.11. The first kappa shape index (κ1) is 26.6. The van der Waals surface area contributed by atoms with Gasteiger partial charge in [-0.25, -0.2) is 9.98 Å². The van der Waals surface area contributed by atoms with Gasteiger partial charge >= 0.3 is 0 Å². The smallest absolute Gasteiger partial charge is 0.216 e. The summed E-state index contributed by atoms with van der Waals surface area (Å²) in [7, 11) is 0. The number of benzene rings is 2. The topological polar surface area (TPSA) is 43.2 Å². The van der Waals surface area contributed by atoms with Crippen LogP contribution in [0.1, 0.15) is 113 Å². The van der Waals surface area contributed by atoms with E-state index in [4.69, 9.17) is 19.5 Å². The number of aliphatic imine (C=N–C) groups is 2. The standard InChI is InChI=1S/C35H46N2O2/c1-19(2)27-15-38-31(36-27)23-11-21(5)13-25-29(23)35(17-33(25,7)8)18-34(9,10)26-14-22(6)12-24(30(26)35)32-37-28(16-39-32)20(3)4/h11-14,19-20,27-28H,15-18H2,1-10H3/t27-,28-,35?/m1/s1. The zero-order valence-electron chi connectivity index (χ0n) is 25.7. The van der Waals surface area contributed by atoms with Crippen LogP contribution in [0.5, 0.6) is 0 Å². The number of rotatable bonds is 4. The molecule has 2 heterocycles. The molecule has 2 aliphatic heterocycles. The second-order valence-electron chi connectivity index (χ2n) is 14.8. The molecule has 0 radical (unpaired) electrons. The fourth-order valence-electron chi connectivity index (χ4n) is 8.01. The normalized spacial score (nSPS) is 25.5. The van der Waals surface area contributed by atoms with Gasteiger partial charge in [-0.2, -0.15) is 0 Å². The molecule has 0 saturated heterocycles. The first-order chi connectivity index (χ1) is 18.2. The van der Waals surface area contributed by atoms with Crippen molar-refractivity contribution in [1.82, 2.24) is 0 Å². The van der Waals surface area contributed by atoms with Gasteiger partial charge in [0.05, 0.1) is 12.1 Å². The lowest BCUT2D eigenvalue weighted by atomic mass is 9.70. The summed E-state index contributed by atoms with van der Waals surface area (Å²) in [6, 6.07) is 9.95. The first-order valence-corrected chi connectivity index (χ1v) is 15.0. The highest BCUT2D eigenvalue weighted by atomic mass is 16.5. The maximum absolute atomic E-state index is 6.40. The van der Waals surface area contributed by atoms with Crippen molar-refractivity contribution in [3.05, 3.63) is 68.8 Å². The van der Waals surface area contributed by atoms with Crippen molar-refractivity contribution in [3.63, 3.8) is 0 Å². The van der Waals surface area contributed by atoms with Crippen LogP contribution in [0.2, 0.25) is 0 Å². The maximum atomic E-state index is 6.40. The summed E-state index contributed by atoms with van der Waals surface area (Å²) < 4.78 is 12.8. The van der Waals surface area contributed by atoms with Crippen LogP contribution in [0, 0.1) is 25.7 Å². The van der Waals surface area contributed by atoms with Crippen LogP contribution in [0.3, 0.4) is 0 Å². The van der Waals surface area contributed by atoms with Gasteiger partial charge in [0.15, 0.2) is 0 Å². The van der Waals surface area contributed by atoms with Crippen LogP contribution < -0.4 is 0 Å². The maximum Gasteiger partial charge on any atom is 0.216 e. The lowest BCUT2D eigenvalue weighted by Gasteiger charge is -2.32. The van der Waals surface area contributed by atoms with E-state index in [2.05, 4.69) is 93.5 Å². The van der Waals surface area contributed by atoms with Crippen molar-refractivity contribution in [2.75, 3.05) is 13.2 Å². The van der Waals surface area contributed by atoms with Crippen molar-refractivity contribution < 1.29 is 9.47 Å². The molecule has 2 aliphatic carbocycles. The summed E-state index contributed by atoms with van der Waals surface area (Å²) in [5, 5.41) is 0. The Labute approximate surface area is 235 Å². The third kappa shape index (κ3) is 3.99. The summed E-state index contributed by atoms with van der Waals surface area (Å²) in [5.74, 6) is 2.58. The fraction of sp³-hybridized carbons (Fsp3) is 0.600. The predicted octanol–water partition coefficient (Wildman–Crippen LogP) is 7.55. The summed E-state index contributed by atoms with van der Waals surface area (Å²) in [5.41, 5.74) is 10.6. The van der Waals surface area contributed by atoms with Gasteiger partial charge in [-0.05, 0) is 83.7 Å². The second-order valence-corrected chi connectivity index (χ2v) is 14.8. The highest BCUT2D eigenvalue weighted by Crippen LogP contribution is 2.64. The molecule has 4 aliphatic rings. The van der Waals surface area contributed by atoms with E-state index in [0.717, 1.165) is 24.6 Å². The van der Waals surface area contributed by atoms with Gasteiger partial charge < -0.3 is 9.47 Å². The average Bonchev–Trinajstić information content (AvgIpc) is 3.59. The van der Waals surface area contributed by atoms with E-state index in [1.165, 1.54) is 44.5 Å². The molecule has 4 nitrogen and oxygen atoms in total. The van der Waals surface area contributed by atoms with E-state index in [9.17, 15) is 0 Å². The zero-order chi connectivity index (χ0) is 28.1. The fourth-order valence-corrected chi connectivity index (χ4v) is 8.01. The largest absolute Gasteiger partial charge is 0.475 e. The Kier molecular flexibility index (Phi) is 5.92. The van der Waals surface area contributed by atoms with E-state index in [0.29, 0.717) is 25.0 Å². The van der Waals surface area contributed by atoms with Crippen molar-refractivity contribution >= 4 is 11.8 Å². The third-order valence-electron chi connectivity index (χ3n) is 9.82. The Balaban J connectivity index is 1.65. The van der Waals surface area contributed by atoms with Crippen LogP contribution in [0.25, 0.3) is 0 Å². The highest BCUT2D eigenvalue weighted by molar-refractivity contribution is 6.01. The van der Waals surface area contributed by atoms with Gasteiger partial charge in [0.2, 0.25) is 11.8 Å². The molecular formula is C35H46N2O2. The Hall–Kier alpha value is -2.62. The molecule has 1 spiro atoms. The quantitative estimate of drug-likeness (QED) is 0.413. The molecule has 0 bridgehead atoms. The van der Waals surface area contributed by atoms with Gasteiger partial charge in [-0.3, -0.25) is 0 Å². The molecule has 0 saturated carbocycles. The van der Waals surface area contributed by atoms with Crippen LogP contribution in [-0.2, 0) is 25.7 Å². The number of hydrogen-bond acceptors (Lipinski definition) is 4. The average molecular weight is 527 g/mol. The molecular weight excluding hydrogens is 480 g/mol. The molecule has 2 aromatic rings. The summed E-state index contributed by atoms with van der Waals surface area (Å²) in [4.78, 5) is 10.3. The Morgan fingerprint density at radius 1 is 0.667 bits per heavy atom. The molecule has 2 aromatic carbocycles. The molecule has 0 amide bonds. The van der Waals surface area contributed by atoms with E-state index < -0.39 is 0 Å². The molecule has 2 atom stereocenters. The Bertz CT molecular complexity index is 1300. The van der Waals surface area contributed by atoms with Crippen molar-refractivity contribution in [1.29, 1.82) is 0 Å². The molecule has 0 unspecified atom stereocenters. The molecule has 0 aromatic heterocycles. The molecule has 4 heteroatoms. The lowest BCUT2D eigenvalue weighted by molar-refractivity contribution is 0.290. The molecule has 6 rings (SSSR count). The number of ether oxygens (including phenoxy) is 2. The molecule has 0 fully saturated rings. The minimum absolute atomic E-state index is 0.0192. The SMILES string of the molecule is Cc1cc(C2=N[C@@H](C(C)C)CO2)c2c(c1)C(C)(C)CC21CC(C)(C)c2cc(C)cc(C3=N[C@@H](C(C)C)CO3)c21. The first-order valence-electron chi connectivity index (χ1n) is 15.0. The molecule has 39 heavy (non-hydrogen) atoms. The number of fused-ring (bicyclic) bond motifs is 4. The summed E-state index contributed by atoms with van der Waals surface area (Å²) >= 11 is 0. The van der Waals surface area contributed by atoms with E-state index in [1.807, 2.05) is 0 Å². The van der Waals surface area contributed by atoms with Crippen molar-refractivity contribution in [2.24, 2.45) is 21.8 Å². The van der Waals surface area contributed by atoms with Gasteiger partial charge in [0.1, 0.15) is 13.2 Å². The lowest BCUT2D eigenvalue weighted by Crippen LogP contribution is -2.30.